The van der Waals surface area contributed by atoms with Crippen molar-refractivity contribution in [3.8, 4) is 11.5 Å². The first-order valence-corrected chi connectivity index (χ1v) is 6.37. The number of likely N-dealkylation sites (tertiary alicyclic amines) is 1. The minimum Gasteiger partial charge on any atom is -0.493 e. The summed E-state index contributed by atoms with van der Waals surface area (Å²) < 4.78 is 15.8. The smallest absolute Gasteiger partial charge is 0.263 e. The minimum absolute atomic E-state index is 0.0342. The van der Waals surface area contributed by atoms with Crippen molar-refractivity contribution < 1.29 is 24.1 Å². The molecule has 0 bridgehead atoms. The molecule has 1 fully saturated rings. The van der Waals surface area contributed by atoms with Crippen LogP contribution in [0.3, 0.4) is 0 Å². The Labute approximate surface area is 117 Å². The van der Waals surface area contributed by atoms with Crippen molar-refractivity contribution in [3.05, 3.63) is 23.8 Å². The standard InChI is InChI=1S/C14H19NO5/c1-15-7-6-11(13(15)16)20-10-5-4-9(14(17)19-3)8-12(10)18-2/h4-5,8,11,14,17H,6-7H2,1-3H3. The van der Waals surface area contributed by atoms with Gasteiger partial charge in [0.2, 0.25) is 0 Å². The molecule has 0 saturated carbocycles. The van der Waals surface area contributed by atoms with Crippen LogP contribution in [0, 0.1) is 0 Å². The fourth-order valence-electron chi connectivity index (χ4n) is 2.12. The average Bonchev–Trinajstić information content (AvgIpc) is 2.78. The van der Waals surface area contributed by atoms with Crippen molar-refractivity contribution in [3.63, 3.8) is 0 Å². The maximum Gasteiger partial charge on any atom is 0.263 e. The highest BCUT2D eigenvalue weighted by molar-refractivity contribution is 5.83. The lowest BCUT2D eigenvalue weighted by molar-refractivity contribution is -0.132. The Morgan fingerprint density at radius 1 is 1.35 bits per heavy atom. The summed E-state index contributed by atoms with van der Waals surface area (Å²) in [6, 6.07) is 4.98. The molecule has 2 rings (SSSR count). The number of rotatable bonds is 5. The van der Waals surface area contributed by atoms with Crippen LogP contribution in [0.2, 0.25) is 0 Å². The zero-order valence-corrected chi connectivity index (χ0v) is 11.8. The second-order valence-corrected chi connectivity index (χ2v) is 4.65. The average molecular weight is 281 g/mol. The van der Waals surface area contributed by atoms with E-state index in [1.165, 1.54) is 14.2 Å². The Hall–Kier alpha value is -1.79. The lowest BCUT2D eigenvalue weighted by Gasteiger charge is -2.17. The molecule has 2 atom stereocenters. The molecule has 1 heterocycles. The minimum atomic E-state index is -1.02. The van der Waals surface area contributed by atoms with E-state index in [2.05, 4.69) is 0 Å². The first-order chi connectivity index (χ1) is 9.56. The molecule has 2 unspecified atom stereocenters. The number of benzene rings is 1. The van der Waals surface area contributed by atoms with E-state index in [4.69, 9.17) is 14.2 Å². The number of amides is 1. The summed E-state index contributed by atoms with van der Waals surface area (Å²) in [4.78, 5) is 13.5. The summed E-state index contributed by atoms with van der Waals surface area (Å²) in [6.07, 6.45) is -0.842. The van der Waals surface area contributed by atoms with Gasteiger partial charge in [-0.25, -0.2) is 0 Å². The van der Waals surface area contributed by atoms with Gasteiger partial charge >= 0.3 is 0 Å². The van der Waals surface area contributed by atoms with Gasteiger partial charge in [-0.05, 0) is 12.1 Å². The molecule has 0 aliphatic carbocycles. The van der Waals surface area contributed by atoms with Crippen molar-refractivity contribution in [2.24, 2.45) is 0 Å². The Morgan fingerprint density at radius 3 is 2.65 bits per heavy atom. The van der Waals surface area contributed by atoms with Gasteiger partial charge in [-0.15, -0.1) is 0 Å². The number of likely N-dealkylation sites (N-methyl/N-ethyl adjacent to an activating group) is 1. The number of carbonyl (C=O) groups is 1. The van der Waals surface area contributed by atoms with Crippen molar-refractivity contribution in [1.29, 1.82) is 0 Å². The molecule has 6 nitrogen and oxygen atoms in total. The molecule has 1 saturated heterocycles. The Kier molecular flexibility index (Phi) is 4.46. The summed E-state index contributed by atoms with van der Waals surface area (Å²) >= 11 is 0. The molecule has 20 heavy (non-hydrogen) atoms. The summed E-state index contributed by atoms with van der Waals surface area (Å²) in [7, 11) is 4.67. The van der Waals surface area contributed by atoms with Crippen molar-refractivity contribution in [2.45, 2.75) is 18.8 Å². The molecule has 1 aromatic carbocycles. The lowest BCUT2D eigenvalue weighted by Crippen LogP contribution is -2.29. The van der Waals surface area contributed by atoms with E-state index >= 15 is 0 Å². The number of aliphatic hydroxyl groups excluding tert-OH is 1. The SMILES string of the molecule is COc1cc(C(O)OC)ccc1OC1CCN(C)C1=O. The van der Waals surface area contributed by atoms with Gasteiger partial charge in [0, 0.05) is 32.7 Å². The molecule has 1 N–H and O–H groups in total. The van der Waals surface area contributed by atoms with Gasteiger partial charge in [0.25, 0.3) is 5.91 Å². The van der Waals surface area contributed by atoms with Crippen LogP contribution in [-0.2, 0) is 9.53 Å². The number of methoxy groups -OCH3 is 2. The topological polar surface area (TPSA) is 68.2 Å². The summed E-state index contributed by atoms with van der Waals surface area (Å²) in [6.45, 7) is 0.687. The van der Waals surface area contributed by atoms with E-state index in [0.29, 0.717) is 30.0 Å². The van der Waals surface area contributed by atoms with Crippen LogP contribution in [-0.4, -0.2) is 49.8 Å². The van der Waals surface area contributed by atoms with Crippen molar-refractivity contribution in [2.75, 3.05) is 27.8 Å². The Balaban J connectivity index is 2.18. The highest BCUT2D eigenvalue weighted by Crippen LogP contribution is 2.32. The summed E-state index contributed by atoms with van der Waals surface area (Å²) in [5.74, 6) is 0.905. The second-order valence-electron chi connectivity index (χ2n) is 4.65. The number of carbonyl (C=O) groups excluding carboxylic acids is 1. The largest absolute Gasteiger partial charge is 0.493 e. The van der Waals surface area contributed by atoms with Gasteiger partial charge in [0.05, 0.1) is 7.11 Å². The van der Waals surface area contributed by atoms with Crippen molar-refractivity contribution >= 4 is 5.91 Å². The van der Waals surface area contributed by atoms with E-state index in [1.54, 1.807) is 30.1 Å². The predicted octanol–water partition coefficient (Wildman–Crippen LogP) is 0.942. The zero-order valence-electron chi connectivity index (χ0n) is 11.8. The van der Waals surface area contributed by atoms with E-state index in [9.17, 15) is 9.90 Å². The third-order valence-electron chi connectivity index (χ3n) is 3.34. The van der Waals surface area contributed by atoms with E-state index in [1.807, 2.05) is 0 Å². The third kappa shape index (κ3) is 2.86. The number of ether oxygens (including phenoxy) is 3. The number of hydrogen-bond acceptors (Lipinski definition) is 5. The molecule has 0 radical (unpaired) electrons. The van der Waals surface area contributed by atoms with E-state index < -0.39 is 12.4 Å². The van der Waals surface area contributed by atoms with E-state index in [0.717, 1.165) is 0 Å². The monoisotopic (exact) mass is 281 g/mol. The van der Waals surface area contributed by atoms with Gasteiger partial charge < -0.3 is 24.2 Å². The van der Waals surface area contributed by atoms with Crippen LogP contribution in [0.4, 0.5) is 0 Å². The number of aliphatic hydroxyl groups is 1. The third-order valence-corrected chi connectivity index (χ3v) is 3.34. The fraction of sp³-hybridized carbons (Fsp3) is 0.500. The molecule has 1 amide bonds. The lowest BCUT2D eigenvalue weighted by atomic mass is 10.2. The first-order valence-electron chi connectivity index (χ1n) is 6.37. The van der Waals surface area contributed by atoms with Crippen LogP contribution in [0.15, 0.2) is 18.2 Å². The van der Waals surface area contributed by atoms with Crippen molar-refractivity contribution in [1.82, 2.24) is 4.90 Å². The Bertz CT molecular complexity index is 490. The second kappa shape index (κ2) is 6.11. The fourth-order valence-corrected chi connectivity index (χ4v) is 2.12. The van der Waals surface area contributed by atoms with Crippen LogP contribution in [0.1, 0.15) is 18.3 Å². The highest BCUT2D eigenvalue weighted by Gasteiger charge is 2.31. The normalized spacial score (nSPS) is 20.1. The zero-order chi connectivity index (χ0) is 14.7. The number of hydrogen-bond donors (Lipinski definition) is 1. The molecular weight excluding hydrogens is 262 g/mol. The molecule has 110 valence electrons. The van der Waals surface area contributed by atoms with Gasteiger partial charge in [0.15, 0.2) is 23.9 Å². The van der Waals surface area contributed by atoms with Crippen LogP contribution in [0.25, 0.3) is 0 Å². The van der Waals surface area contributed by atoms with Crippen LogP contribution >= 0.6 is 0 Å². The van der Waals surface area contributed by atoms with Gasteiger partial charge in [-0.1, -0.05) is 6.07 Å². The molecule has 6 heteroatoms. The summed E-state index contributed by atoms with van der Waals surface area (Å²) in [5.41, 5.74) is 0.562. The molecule has 0 aromatic heterocycles. The van der Waals surface area contributed by atoms with E-state index in [-0.39, 0.29) is 5.91 Å². The summed E-state index contributed by atoms with van der Waals surface area (Å²) in [5, 5.41) is 9.62. The van der Waals surface area contributed by atoms with Gasteiger partial charge in [-0.2, -0.15) is 0 Å². The van der Waals surface area contributed by atoms with Crippen LogP contribution in [0.5, 0.6) is 11.5 Å². The number of nitrogens with zero attached hydrogens (tertiary/aromatic N) is 1. The maximum absolute atomic E-state index is 11.8. The molecule has 0 spiro atoms. The highest BCUT2D eigenvalue weighted by atomic mass is 16.6. The maximum atomic E-state index is 11.8. The van der Waals surface area contributed by atoms with Crippen LogP contribution < -0.4 is 9.47 Å². The quantitative estimate of drug-likeness (QED) is 0.814. The molecule has 1 aromatic rings. The van der Waals surface area contributed by atoms with Gasteiger partial charge in [-0.3, -0.25) is 4.79 Å². The molecular formula is C14H19NO5. The van der Waals surface area contributed by atoms with Gasteiger partial charge in [0.1, 0.15) is 0 Å². The molecule has 1 aliphatic rings. The Morgan fingerprint density at radius 2 is 2.10 bits per heavy atom. The molecule has 1 aliphatic heterocycles. The predicted molar refractivity (Wildman–Crippen MR) is 71.6 cm³/mol. The first kappa shape index (κ1) is 14.6.